The number of fused-ring (bicyclic) bond motifs is 2. The van der Waals surface area contributed by atoms with Gasteiger partial charge < -0.3 is 10.0 Å². The minimum absolute atomic E-state index is 0.0134. The molecule has 7 heteroatoms. The normalized spacial score (nSPS) is 15.9. The fourth-order valence-corrected chi connectivity index (χ4v) is 4.40. The first-order valence-electron chi connectivity index (χ1n) is 9.75. The third-order valence-electron chi connectivity index (χ3n) is 5.40. The Bertz CT molecular complexity index is 1140. The van der Waals surface area contributed by atoms with Crippen molar-refractivity contribution in [2.24, 2.45) is 0 Å². The quantitative estimate of drug-likeness (QED) is 0.618. The van der Waals surface area contributed by atoms with E-state index in [1.165, 1.54) is 0 Å². The van der Waals surface area contributed by atoms with Crippen molar-refractivity contribution in [1.29, 1.82) is 0 Å². The lowest BCUT2D eigenvalue weighted by atomic mass is 9.96. The lowest BCUT2D eigenvalue weighted by molar-refractivity contribution is -0.119. The summed E-state index contributed by atoms with van der Waals surface area (Å²) in [6.07, 6.45) is 0.791. The van der Waals surface area contributed by atoms with Crippen LogP contribution in [0, 0.1) is 0 Å². The number of amides is 1. The Balaban J connectivity index is 1.82. The van der Waals surface area contributed by atoms with Gasteiger partial charge in [0.2, 0.25) is 5.91 Å². The zero-order valence-corrected chi connectivity index (χ0v) is 17.7. The lowest BCUT2D eigenvalue weighted by Gasteiger charge is -2.17. The van der Waals surface area contributed by atoms with Gasteiger partial charge in [-0.3, -0.25) is 14.2 Å². The number of carbonyl (C=O) groups is 1. The van der Waals surface area contributed by atoms with Crippen molar-refractivity contribution in [3.63, 3.8) is 0 Å². The largest absolute Gasteiger partial charge is 0.396 e. The van der Waals surface area contributed by atoms with Gasteiger partial charge in [-0.25, -0.2) is 4.98 Å². The second-order valence-corrected chi connectivity index (χ2v) is 8.04. The van der Waals surface area contributed by atoms with E-state index in [1.54, 1.807) is 15.5 Å². The van der Waals surface area contributed by atoms with E-state index in [0.717, 1.165) is 15.7 Å². The molecule has 0 saturated carbocycles. The van der Waals surface area contributed by atoms with E-state index < -0.39 is 5.92 Å². The van der Waals surface area contributed by atoms with E-state index in [4.69, 9.17) is 4.98 Å². The first-order chi connectivity index (χ1) is 14.0. The second kappa shape index (κ2) is 8.08. The monoisotopic (exact) mass is 455 g/mol. The molecule has 6 nitrogen and oxygen atoms in total. The number of aliphatic hydroxyl groups excluding tert-OH is 1. The molecular formula is C22H22BrN3O3. The van der Waals surface area contributed by atoms with Crippen molar-refractivity contribution in [3.8, 4) is 0 Å². The predicted molar refractivity (Wildman–Crippen MR) is 116 cm³/mol. The Morgan fingerprint density at radius 1 is 1.17 bits per heavy atom. The Kier molecular flexibility index (Phi) is 5.52. The molecule has 0 spiro atoms. The van der Waals surface area contributed by atoms with Crippen molar-refractivity contribution in [2.45, 2.75) is 32.2 Å². The summed E-state index contributed by atoms with van der Waals surface area (Å²) in [4.78, 5) is 32.7. The summed E-state index contributed by atoms with van der Waals surface area (Å²) in [6.45, 7) is 2.90. The number of para-hydroxylation sites is 1. The van der Waals surface area contributed by atoms with Gasteiger partial charge in [0, 0.05) is 36.3 Å². The summed E-state index contributed by atoms with van der Waals surface area (Å²) in [7, 11) is 0. The first kappa shape index (κ1) is 19.8. The number of benzene rings is 2. The third kappa shape index (κ3) is 3.49. The molecule has 0 aliphatic carbocycles. The molecule has 29 heavy (non-hydrogen) atoms. The van der Waals surface area contributed by atoms with Gasteiger partial charge in [0.25, 0.3) is 5.56 Å². The van der Waals surface area contributed by atoms with Gasteiger partial charge in [-0.05, 0) is 49.2 Å². The molecule has 0 bridgehead atoms. The van der Waals surface area contributed by atoms with Crippen LogP contribution in [0.3, 0.4) is 0 Å². The summed E-state index contributed by atoms with van der Waals surface area (Å²) >= 11 is 3.50. The Hall–Kier alpha value is -2.51. The number of halogens is 1. The van der Waals surface area contributed by atoms with Crippen LogP contribution in [-0.2, 0) is 17.8 Å². The van der Waals surface area contributed by atoms with Crippen molar-refractivity contribution in [1.82, 2.24) is 9.55 Å². The maximum absolute atomic E-state index is 13.1. The number of hydrogen-bond acceptors (Lipinski definition) is 4. The second-order valence-electron chi connectivity index (χ2n) is 7.12. The standard InChI is InChI=1S/C22H22BrN3O3/c1-2-25-19-9-8-14(23)12-16(19)17(22(25)29)13-20-24-18-7-4-3-6-15(18)21(28)26(20)10-5-11-27/h3-4,6-9,12,17,27H,2,5,10-11,13H2,1H3/t17-/m1/s1. The van der Waals surface area contributed by atoms with Crippen LogP contribution in [0.4, 0.5) is 5.69 Å². The minimum Gasteiger partial charge on any atom is -0.396 e. The molecule has 2 heterocycles. The van der Waals surface area contributed by atoms with Gasteiger partial charge in [-0.2, -0.15) is 0 Å². The predicted octanol–water partition coefficient (Wildman–Crippen LogP) is 3.23. The van der Waals surface area contributed by atoms with Crippen molar-refractivity contribution in [2.75, 3.05) is 18.1 Å². The van der Waals surface area contributed by atoms with E-state index in [2.05, 4.69) is 15.9 Å². The fraction of sp³-hybridized carbons (Fsp3) is 0.318. The van der Waals surface area contributed by atoms with Crippen molar-refractivity contribution >= 4 is 38.4 Å². The molecule has 0 radical (unpaired) electrons. The zero-order chi connectivity index (χ0) is 20.5. The number of aliphatic hydroxyl groups is 1. The van der Waals surface area contributed by atoms with Crippen LogP contribution >= 0.6 is 15.9 Å². The number of nitrogens with zero attached hydrogens (tertiary/aromatic N) is 3. The zero-order valence-electron chi connectivity index (χ0n) is 16.1. The lowest BCUT2D eigenvalue weighted by Crippen LogP contribution is -2.31. The molecule has 1 N–H and O–H groups in total. The SMILES string of the molecule is CCN1C(=O)[C@H](Cc2nc3ccccc3c(=O)n2CCCO)c2cc(Br)ccc21. The van der Waals surface area contributed by atoms with Gasteiger partial charge in [0.1, 0.15) is 5.82 Å². The molecule has 1 atom stereocenters. The summed E-state index contributed by atoms with van der Waals surface area (Å²) < 4.78 is 2.52. The molecule has 0 unspecified atom stereocenters. The Morgan fingerprint density at radius 3 is 2.72 bits per heavy atom. The van der Waals surface area contributed by atoms with Gasteiger partial charge in [0.15, 0.2) is 0 Å². The Labute approximate surface area is 176 Å². The minimum atomic E-state index is -0.393. The molecular weight excluding hydrogens is 434 g/mol. The molecule has 1 aromatic heterocycles. The highest BCUT2D eigenvalue weighted by atomic mass is 79.9. The summed E-state index contributed by atoms with van der Waals surface area (Å²) in [5.74, 6) is 0.206. The van der Waals surface area contributed by atoms with E-state index in [1.807, 2.05) is 43.3 Å². The van der Waals surface area contributed by atoms with Crippen LogP contribution in [0.1, 0.15) is 30.7 Å². The van der Waals surface area contributed by atoms with Crippen LogP contribution in [0.5, 0.6) is 0 Å². The number of rotatable bonds is 6. The molecule has 3 aromatic rings. The van der Waals surface area contributed by atoms with E-state index >= 15 is 0 Å². The van der Waals surface area contributed by atoms with Gasteiger partial charge in [0.05, 0.1) is 16.8 Å². The number of carbonyl (C=O) groups excluding carboxylic acids is 1. The van der Waals surface area contributed by atoms with E-state index in [9.17, 15) is 14.7 Å². The van der Waals surface area contributed by atoms with Crippen LogP contribution in [0.2, 0.25) is 0 Å². The molecule has 0 fully saturated rings. The van der Waals surface area contributed by atoms with Gasteiger partial charge >= 0.3 is 0 Å². The average molecular weight is 456 g/mol. The first-order valence-corrected chi connectivity index (χ1v) is 10.5. The summed E-state index contributed by atoms with van der Waals surface area (Å²) in [5, 5.41) is 9.82. The highest BCUT2D eigenvalue weighted by Crippen LogP contribution is 2.40. The van der Waals surface area contributed by atoms with Crippen LogP contribution in [0.15, 0.2) is 51.7 Å². The maximum atomic E-state index is 13.1. The molecule has 2 aromatic carbocycles. The molecule has 4 rings (SSSR count). The van der Waals surface area contributed by atoms with E-state index in [-0.39, 0.29) is 18.1 Å². The third-order valence-corrected chi connectivity index (χ3v) is 5.90. The van der Waals surface area contributed by atoms with Gasteiger partial charge in [-0.1, -0.05) is 28.1 Å². The fourth-order valence-electron chi connectivity index (χ4n) is 4.03. The summed E-state index contributed by atoms with van der Waals surface area (Å²) in [5.41, 5.74) is 2.35. The Morgan fingerprint density at radius 2 is 1.97 bits per heavy atom. The number of likely N-dealkylation sites (N-methyl/N-ethyl adjacent to an activating group) is 1. The maximum Gasteiger partial charge on any atom is 0.261 e. The number of anilines is 1. The molecule has 0 saturated heterocycles. The molecule has 1 aliphatic rings. The van der Waals surface area contributed by atoms with Crippen LogP contribution in [0.25, 0.3) is 10.9 Å². The van der Waals surface area contributed by atoms with Crippen LogP contribution < -0.4 is 10.5 Å². The van der Waals surface area contributed by atoms with E-state index in [0.29, 0.717) is 42.7 Å². The highest BCUT2D eigenvalue weighted by molar-refractivity contribution is 9.10. The van der Waals surface area contributed by atoms with Gasteiger partial charge in [-0.15, -0.1) is 0 Å². The smallest absolute Gasteiger partial charge is 0.261 e. The summed E-state index contributed by atoms with van der Waals surface area (Å²) in [6, 6.07) is 13.1. The topological polar surface area (TPSA) is 75.4 Å². The molecule has 150 valence electrons. The molecule has 1 aliphatic heterocycles. The van der Waals surface area contributed by atoms with Crippen molar-refractivity contribution < 1.29 is 9.90 Å². The number of aromatic nitrogens is 2. The number of hydrogen-bond donors (Lipinski definition) is 1. The van der Waals surface area contributed by atoms with Crippen molar-refractivity contribution in [3.05, 3.63) is 68.7 Å². The average Bonchev–Trinajstić information content (AvgIpc) is 2.98. The van der Waals surface area contributed by atoms with Crippen LogP contribution in [-0.4, -0.2) is 33.7 Å². The molecule has 1 amide bonds. The highest BCUT2D eigenvalue weighted by Gasteiger charge is 2.37.